The van der Waals surface area contributed by atoms with Gasteiger partial charge in [0.2, 0.25) is 0 Å². The van der Waals surface area contributed by atoms with Crippen LogP contribution in [-0.4, -0.2) is 12.6 Å². The van der Waals surface area contributed by atoms with E-state index < -0.39 is 0 Å². The van der Waals surface area contributed by atoms with Crippen LogP contribution in [0.1, 0.15) is 50.5 Å². The Bertz CT molecular complexity index is 448. The van der Waals surface area contributed by atoms with Crippen molar-refractivity contribution in [3.05, 3.63) is 29.8 Å². The maximum atomic E-state index is 5.87. The molecule has 0 radical (unpaired) electrons. The Kier molecular flexibility index (Phi) is 4.27. The van der Waals surface area contributed by atoms with Gasteiger partial charge in [0, 0.05) is 6.04 Å². The van der Waals surface area contributed by atoms with Crippen molar-refractivity contribution < 1.29 is 4.74 Å². The van der Waals surface area contributed by atoms with Crippen LogP contribution in [0.25, 0.3) is 0 Å². The van der Waals surface area contributed by atoms with Crippen molar-refractivity contribution in [3.8, 4) is 5.75 Å². The fourth-order valence-corrected chi connectivity index (χ4v) is 4.11. The van der Waals surface area contributed by atoms with Crippen LogP contribution in [0.3, 0.4) is 0 Å². The lowest BCUT2D eigenvalue weighted by Crippen LogP contribution is -2.43. The highest BCUT2D eigenvalue weighted by Crippen LogP contribution is 2.40. The Labute approximate surface area is 121 Å². The number of rotatable bonds is 4. The molecule has 0 amide bonds. The van der Waals surface area contributed by atoms with Crippen LogP contribution in [0, 0.1) is 11.8 Å². The largest absolute Gasteiger partial charge is 0.493 e. The maximum Gasteiger partial charge on any atom is 0.122 e. The van der Waals surface area contributed by atoms with Crippen molar-refractivity contribution in [1.29, 1.82) is 0 Å². The standard InChI is InChI=1S/C17H26N2O/c1-12-5-4-7-14(12)16(19-18)11-13-9-10-20-17-8-3-2-6-15(13)17/h2-3,6,8,12-14,16,19H,4-5,7,9-11,18H2,1H3. The molecule has 1 heterocycles. The zero-order valence-corrected chi connectivity index (χ0v) is 12.3. The van der Waals surface area contributed by atoms with Crippen molar-refractivity contribution in [1.82, 2.24) is 5.43 Å². The Morgan fingerprint density at radius 2 is 2.15 bits per heavy atom. The smallest absolute Gasteiger partial charge is 0.122 e. The lowest BCUT2D eigenvalue weighted by molar-refractivity contribution is 0.227. The third-order valence-electron chi connectivity index (χ3n) is 5.28. The number of hydrogen-bond acceptors (Lipinski definition) is 3. The predicted molar refractivity (Wildman–Crippen MR) is 81.5 cm³/mol. The van der Waals surface area contributed by atoms with Gasteiger partial charge in [-0.15, -0.1) is 0 Å². The maximum absolute atomic E-state index is 5.87. The second-order valence-corrected chi connectivity index (χ2v) is 6.45. The molecule has 3 N–H and O–H groups in total. The molecule has 1 saturated carbocycles. The third kappa shape index (κ3) is 2.70. The number of nitrogens with two attached hydrogens (primary N) is 1. The van der Waals surface area contributed by atoms with Crippen LogP contribution < -0.4 is 16.0 Å². The third-order valence-corrected chi connectivity index (χ3v) is 5.28. The fourth-order valence-electron chi connectivity index (χ4n) is 4.11. The quantitative estimate of drug-likeness (QED) is 0.654. The van der Waals surface area contributed by atoms with Crippen molar-refractivity contribution in [2.45, 2.75) is 51.0 Å². The average molecular weight is 274 g/mol. The second kappa shape index (κ2) is 6.15. The number of hydrazine groups is 1. The highest BCUT2D eigenvalue weighted by molar-refractivity contribution is 5.37. The van der Waals surface area contributed by atoms with Gasteiger partial charge in [-0.05, 0) is 48.6 Å². The summed E-state index contributed by atoms with van der Waals surface area (Å²) < 4.78 is 5.76. The average Bonchev–Trinajstić information content (AvgIpc) is 2.91. The molecule has 1 aromatic carbocycles. The summed E-state index contributed by atoms with van der Waals surface area (Å²) in [4.78, 5) is 0. The molecule has 3 nitrogen and oxygen atoms in total. The first-order valence-corrected chi connectivity index (χ1v) is 7.97. The van der Waals surface area contributed by atoms with Gasteiger partial charge in [0.05, 0.1) is 6.61 Å². The highest BCUT2D eigenvalue weighted by atomic mass is 16.5. The summed E-state index contributed by atoms with van der Waals surface area (Å²) in [6, 6.07) is 8.90. The van der Waals surface area contributed by atoms with Crippen LogP contribution >= 0.6 is 0 Å². The predicted octanol–water partition coefficient (Wildman–Crippen LogP) is 3.21. The monoisotopic (exact) mass is 274 g/mol. The van der Waals surface area contributed by atoms with E-state index in [9.17, 15) is 0 Å². The molecule has 0 bridgehead atoms. The molecule has 0 aromatic heterocycles. The molecule has 20 heavy (non-hydrogen) atoms. The SMILES string of the molecule is CC1CCCC1C(CC1CCOc2ccccc21)NN. The topological polar surface area (TPSA) is 47.3 Å². The summed E-state index contributed by atoms with van der Waals surface area (Å²) in [6.45, 7) is 3.21. The van der Waals surface area contributed by atoms with Crippen LogP contribution in [-0.2, 0) is 0 Å². The number of nitrogens with one attached hydrogen (secondary N) is 1. The minimum atomic E-state index is 0.434. The summed E-state index contributed by atoms with van der Waals surface area (Å²) in [5.74, 6) is 9.05. The second-order valence-electron chi connectivity index (χ2n) is 6.45. The van der Waals surface area contributed by atoms with E-state index in [-0.39, 0.29) is 0 Å². The summed E-state index contributed by atoms with van der Waals surface area (Å²) in [5.41, 5.74) is 4.48. The van der Waals surface area contributed by atoms with Gasteiger partial charge in [0.15, 0.2) is 0 Å². The summed E-state index contributed by atoms with van der Waals surface area (Å²) >= 11 is 0. The van der Waals surface area contributed by atoms with E-state index in [1.54, 1.807) is 0 Å². The van der Waals surface area contributed by atoms with Gasteiger partial charge in [0.1, 0.15) is 5.75 Å². The summed E-state index contributed by atoms with van der Waals surface area (Å²) in [7, 11) is 0. The normalized spacial score (nSPS) is 30.6. The van der Waals surface area contributed by atoms with Crippen LogP contribution in [0.4, 0.5) is 0 Å². The molecule has 4 unspecified atom stereocenters. The van der Waals surface area contributed by atoms with E-state index >= 15 is 0 Å². The van der Waals surface area contributed by atoms with Crippen LogP contribution in [0.2, 0.25) is 0 Å². The molecule has 110 valence electrons. The van der Waals surface area contributed by atoms with Crippen molar-refractivity contribution >= 4 is 0 Å². The minimum absolute atomic E-state index is 0.434. The molecule has 3 heteroatoms. The van der Waals surface area contributed by atoms with Gasteiger partial charge in [0.25, 0.3) is 0 Å². The first-order chi connectivity index (χ1) is 9.79. The molecule has 1 aliphatic heterocycles. The number of fused-ring (bicyclic) bond motifs is 1. The van der Waals surface area contributed by atoms with Crippen molar-refractivity contribution in [3.63, 3.8) is 0 Å². The minimum Gasteiger partial charge on any atom is -0.493 e. The van der Waals surface area contributed by atoms with Gasteiger partial charge in [-0.3, -0.25) is 11.3 Å². The zero-order chi connectivity index (χ0) is 13.9. The number of benzene rings is 1. The Morgan fingerprint density at radius 3 is 2.90 bits per heavy atom. The molecular weight excluding hydrogens is 248 g/mol. The van der Waals surface area contributed by atoms with E-state index in [1.807, 2.05) is 0 Å². The highest BCUT2D eigenvalue weighted by Gasteiger charge is 2.33. The first kappa shape index (κ1) is 13.9. The van der Waals surface area contributed by atoms with Gasteiger partial charge in [-0.1, -0.05) is 38.0 Å². The van der Waals surface area contributed by atoms with E-state index in [2.05, 4.69) is 36.6 Å². The summed E-state index contributed by atoms with van der Waals surface area (Å²) in [6.07, 6.45) is 6.27. The molecule has 2 aliphatic rings. The number of hydrogen-bond donors (Lipinski definition) is 2. The molecule has 1 aromatic rings. The first-order valence-electron chi connectivity index (χ1n) is 7.97. The Morgan fingerprint density at radius 1 is 1.30 bits per heavy atom. The van der Waals surface area contributed by atoms with Gasteiger partial charge in [-0.2, -0.15) is 0 Å². The van der Waals surface area contributed by atoms with Crippen LogP contribution in [0.15, 0.2) is 24.3 Å². The van der Waals surface area contributed by atoms with Crippen molar-refractivity contribution in [2.75, 3.05) is 6.61 Å². The lowest BCUT2D eigenvalue weighted by atomic mass is 9.81. The van der Waals surface area contributed by atoms with E-state index in [1.165, 1.54) is 24.8 Å². The van der Waals surface area contributed by atoms with Gasteiger partial charge >= 0.3 is 0 Å². The lowest BCUT2D eigenvalue weighted by Gasteiger charge is -2.32. The molecule has 0 saturated heterocycles. The van der Waals surface area contributed by atoms with E-state index in [0.717, 1.165) is 37.0 Å². The van der Waals surface area contributed by atoms with Gasteiger partial charge in [-0.25, -0.2) is 0 Å². The molecule has 3 rings (SSSR count). The fraction of sp³-hybridized carbons (Fsp3) is 0.647. The van der Waals surface area contributed by atoms with Gasteiger partial charge < -0.3 is 4.74 Å². The molecular formula is C17H26N2O. The number of ether oxygens (including phenoxy) is 1. The summed E-state index contributed by atoms with van der Waals surface area (Å²) in [5, 5.41) is 0. The zero-order valence-electron chi connectivity index (χ0n) is 12.3. The van der Waals surface area contributed by atoms with E-state index in [0.29, 0.717) is 12.0 Å². The Hall–Kier alpha value is -1.06. The van der Waals surface area contributed by atoms with Crippen molar-refractivity contribution in [2.24, 2.45) is 17.7 Å². The Balaban J connectivity index is 1.73. The number of para-hydroxylation sites is 1. The molecule has 0 spiro atoms. The molecule has 1 fully saturated rings. The van der Waals surface area contributed by atoms with E-state index in [4.69, 9.17) is 10.6 Å². The van der Waals surface area contributed by atoms with Crippen LogP contribution in [0.5, 0.6) is 5.75 Å². The molecule has 1 aliphatic carbocycles. The molecule has 4 atom stereocenters.